The maximum absolute atomic E-state index is 5.41. The molecule has 3 N–H and O–H groups in total. The summed E-state index contributed by atoms with van der Waals surface area (Å²) in [6, 6.07) is 0. The van der Waals surface area contributed by atoms with Crippen molar-refractivity contribution in [1.82, 2.24) is 5.32 Å². The largest absolute Gasteiger partial charge is 0.370 e. The van der Waals surface area contributed by atoms with Gasteiger partial charge in [-0.1, -0.05) is 19.1 Å². The quantitative estimate of drug-likeness (QED) is 0.353. The Kier molecular flexibility index (Phi) is 4.84. The molecule has 0 spiro atoms. The summed E-state index contributed by atoms with van der Waals surface area (Å²) >= 11 is 4.87. The lowest BCUT2D eigenvalue weighted by molar-refractivity contribution is 1.08. The van der Waals surface area contributed by atoms with Crippen LogP contribution < -0.4 is 11.1 Å². The van der Waals surface area contributed by atoms with Crippen LogP contribution in [0.2, 0.25) is 0 Å². The third kappa shape index (κ3) is 4.26. The zero-order chi connectivity index (χ0) is 7.98. The van der Waals surface area contributed by atoms with E-state index in [1.165, 1.54) is 0 Å². The lowest BCUT2D eigenvalue weighted by Gasteiger charge is -2.02. The van der Waals surface area contributed by atoms with Crippen molar-refractivity contribution in [1.29, 1.82) is 0 Å². The van der Waals surface area contributed by atoms with Crippen molar-refractivity contribution >= 4 is 23.2 Å². The molecule has 0 unspecified atom stereocenters. The van der Waals surface area contributed by atoms with Crippen LogP contribution in [-0.4, -0.2) is 17.5 Å². The van der Waals surface area contributed by atoms with Crippen LogP contribution in [0.1, 0.15) is 20.3 Å². The van der Waals surface area contributed by atoms with Crippen LogP contribution in [0.5, 0.6) is 0 Å². The Balaban J connectivity index is 3.67. The second kappa shape index (κ2) is 5.17. The predicted octanol–water partition coefficient (Wildman–Crippen LogP) is 0.648. The molecule has 4 heteroatoms. The molecule has 10 heavy (non-hydrogen) atoms. The SMILES string of the molecule is CCN=C(N)NC(=S)CC. The van der Waals surface area contributed by atoms with Crippen LogP contribution >= 0.6 is 12.2 Å². The topological polar surface area (TPSA) is 50.4 Å². The second-order valence-electron chi connectivity index (χ2n) is 1.76. The Morgan fingerprint density at radius 1 is 1.60 bits per heavy atom. The van der Waals surface area contributed by atoms with Gasteiger partial charge in [-0.2, -0.15) is 0 Å². The Hall–Kier alpha value is -0.640. The predicted molar refractivity (Wildman–Crippen MR) is 48.2 cm³/mol. The molecule has 0 aliphatic carbocycles. The number of rotatable bonds is 2. The molecule has 0 aliphatic heterocycles. The van der Waals surface area contributed by atoms with Crippen molar-refractivity contribution in [2.45, 2.75) is 20.3 Å². The summed E-state index contributed by atoms with van der Waals surface area (Å²) in [5, 5.41) is 2.79. The first-order valence-electron chi connectivity index (χ1n) is 3.30. The van der Waals surface area contributed by atoms with E-state index in [4.69, 9.17) is 18.0 Å². The van der Waals surface area contributed by atoms with Crippen LogP contribution in [0, 0.1) is 0 Å². The maximum atomic E-state index is 5.41. The average Bonchev–Trinajstić information content (AvgIpc) is 1.88. The fourth-order valence-corrected chi connectivity index (χ4v) is 0.546. The van der Waals surface area contributed by atoms with E-state index >= 15 is 0 Å². The summed E-state index contributed by atoms with van der Waals surface area (Å²) in [6.45, 7) is 4.57. The molecule has 0 aromatic rings. The van der Waals surface area contributed by atoms with Crippen molar-refractivity contribution in [3.05, 3.63) is 0 Å². The minimum absolute atomic E-state index is 0.411. The van der Waals surface area contributed by atoms with Crippen molar-refractivity contribution in [2.75, 3.05) is 6.54 Å². The molecule has 0 rings (SSSR count). The van der Waals surface area contributed by atoms with E-state index in [1.54, 1.807) is 0 Å². The summed E-state index contributed by atoms with van der Waals surface area (Å²) in [7, 11) is 0. The van der Waals surface area contributed by atoms with Crippen molar-refractivity contribution in [3.63, 3.8) is 0 Å². The van der Waals surface area contributed by atoms with Crippen LogP contribution in [0.15, 0.2) is 4.99 Å². The Labute approximate surface area is 66.7 Å². The van der Waals surface area contributed by atoms with Crippen LogP contribution in [0.3, 0.4) is 0 Å². The van der Waals surface area contributed by atoms with Gasteiger partial charge in [-0.15, -0.1) is 0 Å². The Bertz CT molecular complexity index is 142. The number of nitrogens with zero attached hydrogens (tertiary/aromatic N) is 1. The van der Waals surface area contributed by atoms with E-state index in [2.05, 4.69) is 10.3 Å². The van der Waals surface area contributed by atoms with Gasteiger partial charge in [0.1, 0.15) is 0 Å². The average molecular weight is 159 g/mol. The highest BCUT2D eigenvalue weighted by Gasteiger charge is 1.92. The zero-order valence-electron chi connectivity index (χ0n) is 6.35. The first-order chi connectivity index (χ1) is 4.70. The number of nitrogens with one attached hydrogen (secondary N) is 1. The van der Waals surface area contributed by atoms with Gasteiger partial charge in [-0.3, -0.25) is 4.99 Å². The van der Waals surface area contributed by atoms with Gasteiger partial charge in [0.2, 0.25) is 0 Å². The summed E-state index contributed by atoms with van der Waals surface area (Å²) in [5.74, 6) is 0.411. The van der Waals surface area contributed by atoms with Gasteiger partial charge < -0.3 is 11.1 Å². The summed E-state index contributed by atoms with van der Waals surface area (Å²) in [4.78, 5) is 4.64. The van der Waals surface area contributed by atoms with Crippen molar-refractivity contribution in [2.24, 2.45) is 10.7 Å². The second-order valence-corrected chi connectivity index (χ2v) is 2.25. The third-order valence-corrected chi connectivity index (χ3v) is 1.31. The molecule has 0 radical (unpaired) electrons. The smallest absolute Gasteiger partial charge is 0.193 e. The molecule has 0 aliphatic rings. The minimum Gasteiger partial charge on any atom is -0.370 e. The van der Waals surface area contributed by atoms with Gasteiger partial charge in [-0.25, -0.2) is 0 Å². The molecule has 0 heterocycles. The molecule has 3 nitrogen and oxygen atoms in total. The Morgan fingerprint density at radius 2 is 2.20 bits per heavy atom. The molecule has 0 bridgehead atoms. The lowest BCUT2D eigenvalue weighted by Crippen LogP contribution is -2.35. The number of aliphatic imine (C=N–C) groups is 1. The van der Waals surface area contributed by atoms with Crippen LogP contribution in [-0.2, 0) is 0 Å². The van der Waals surface area contributed by atoms with Gasteiger partial charge in [0.05, 0.1) is 4.99 Å². The number of hydrogen-bond acceptors (Lipinski definition) is 2. The maximum Gasteiger partial charge on any atom is 0.193 e. The summed E-state index contributed by atoms with van der Waals surface area (Å²) in [5.41, 5.74) is 5.41. The van der Waals surface area contributed by atoms with Crippen molar-refractivity contribution < 1.29 is 0 Å². The molecule has 0 saturated carbocycles. The first kappa shape index (κ1) is 9.36. The fraction of sp³-hybridized carbons (Fsp3) is 0.667. The van der Waals surface area contributed by atoms with E-state index < -0.39 is 0 Å². The molecule has 0 saturated heterocycles. The molecule has 0 aromatic carbocycles. The highest BCUT2D eigenvalue weighted by Crippen LogP contribution is 1.78. The van der Waals surface area contributed by atoms with Gasteiger partial charge >= 0.3 is 0 Å². The van der Waals surface area contributed by atoms with Crippen molar-refractivity contribution in [3.8, 4) is 0 Å². The minimum atomic E-state index is 0.411. The highest BCUT2D eigenvalue weighted by molar-refractivity contribution is 7.80. The first-order valence-corrected chi connectivity index (χ1v) is 3.71. The van der Waals surface area contributed by atoms with Gasteiger partial charge in [0.25, 0.3) is 0 Å². The summed E-state index contributed by atoms with van der Waals surface area (Å²) in [6.07, 6.45) is 0.801. The monoisotopic (exact) mass is 159 g/mol. The fourth-order valence-electron chi connectivity index (χ4n) is 0.441. The van der Waals surface area contributed by atoms with Gasteiger partial charge in [0.15, 0.2) is 5.96 Å². The van der Waals surface area contributed by atoms with E-state index in [0.717, 1.165) is 11.4 Å². The number of hydrogen-bond donors (Lipinski definition) is 2. The van der Waals surface area contributed by atoms with Gasteiger partial charge in [-0.05, 0) is 13.3 Å². The van der Waals surface area contributed by atoms with E-state index in [1.807, 2.05) is 13.8 Å². The van der Waals surface area contributed by atoms with E-state index in [-0.39, 0.29) is 0 Å². The summed E-state index contributed by atoms with van der Waals surface area (Å²) < 4.78 is 0. The Morgan fingerprint density at radius 3 is 2.60 bits per heavy atom. The van der Waals surface area contributed by atoms with Gasteiger partial charge in [0, 0.05) is 6.54 Å². The zero-order valence-corrected chi connectivity index (χ0v) is 7.16. The molecule has 0 atom stereocenters. The number of thiocarbonyl (C=S) groups is 1. The molecule has 0 aromatic heterocycles. The van der Waals surface area contributed by atoms with E-state index in [0.29, 0.717) is 12.5 Å². The lowest BCUT2D eigenvalue weighted by atomic mass is 10.5. The van der Waals surface area contributed by atoms with E-state index in [9.17, 15) is 0 Å². The molecular formula is C6H13N3S. The third-order valence-electron chi connectivity index (χ3n) is 0.917. The standard InChI is InChI=1S/C6H13N3S/c1-3-5(10)9-6(7)8-4-2/h3-4H2,1-2H3,(H3,7,8,9,10). The van der Waals surface area contributed by atoms with Crippen LogP contribution in [0.25, 0.3) is 0 Å². The normalized spacial score (nSPS) is 11.2. The molecule has 0 fully saturated rings. The molecular weight excluding hydrogens is 146 g/mol. The van der Waals surface area contributed by atoms with Crippen LogP contribution in [0.4, 0.5) is 0 Å². The molecule has 0 amide bonds. The molecule has 58 valence electrons. The number of guanidine groups is 1. The highest BCUT2D eigenvalue weighted by atomic mass is 32.1. The number of nitrogens with two attached hydrogens (primary N) is 1.